The summed E-state index contributed by atoms with van der Waals surface area (Å²) in [6, 6.07) is -1.28. The van der Waals surface area contributed by atoms with E-state index in [1.54, 1.807) is 0 Å². The van der Waals surface area contributed by atoms with Gasteiger partial charge in [0.05, 0.1) is 25.6 Å². The maximum absolute atomic E-state index is 13.3. The van der Waals surface area contributed by atoms with Crippen molar-refractivity contribution in [1.29, 1.82) is 0 Å². The van der Waals surface area contributed by atoms with Gasteiger partial charge in [-0.15, -0.1) is 0 Å². The minimum atomic E-state index is -5.15. The van der Waals surface area contributed by atoms with E-state index >= 15 is 0 Å². The molecule has 0 aliphatic carbocycles. The first-order valence-electron chi connectivity index (χ1n) is 13.3. The summed E-state index contributed by atoms with van der Waals surface area (Å²) in [7, 11) is -10.3. The van der Waals surface area contributed by atoms with Crippen LogP contribution in [-0.4, -0.2) is 99.1 Å². The molecule has 3 aliphatic rings. The third-order valence-corrected chi connectivity index (χ3v) is 9.54. The van der Waals surface area contributed by atoms with Gasteiger partial charge in [-0.25, -0.2) is 18.7 Å². The summed E-state index contributed by atoms with van der Waals surface area (Å²) in [6.45, 7) is -1.39. The van der Waals surface area contributed by atoms with E-state index in [2.05, 4.69) is 29.9 Å². The molecule has 248 valence electrons. The highest BCUT2D eigenvalue weighted by Gasteiger charge is 2.54. The van der Waals surface area contributed by atoms with E-state index < -0.39 is 89.0 Å². The van der Waals surface area contributed by atoms with Gasteiger partial charge in [-0.3, -0.25) is 47.2 Å². The Morgan fingerprint density at radius 2 is 1.70 bits per heavy atom. The fourth-order valence-electron chi connectivity index (χ4n) is 5.53. The fourth-order valence-corrected chi connectivity index (χ4v) is 7.65. The lowest BCUT2D eigenvalue weighted by Gasteiger charge is -2.40. The van der Waals surface area contributed by atoms with Gasteiger partial charge in [-0.1, -0.05) is 4.98 Å². The van der Waals surface area contributed by atoms with Gasteiger partial charge in [-0.2, -0.15) is 4.98 Å². The molecule has 4 aromatic rings. The van der Waals surface area contributed by atoms with E-state index in [1.807, 2.05) is 0 Å². The van der Waals surface area contributed by atoms with Crippen molar-refractivity contribution in [2.45, 2.75) is 49.0 Å². The number of nitrogens with two attached hydrogens (primary N) is 3. The summed E-state index contributed by atoms with van der Waals surface area (Å²) in [5, 5.41) is 11.2. The van der Waals surface area contributed by atoms with Crippen molar-refractivity contribution in [3.63, 3.8) is 0 Å². The van der Waals surface area contributed by atoms with Crippen molar-refractivity contribution in [1.82, 2.24) is 34.5 Å². The predicted molar refractivity (Wildman–Crippen MR) is 147 cm³/mol. The third-order valence-electron chi connectivity index (χ3n) is 7.51. The molecule has 0 spiro atoms. The zero-order valence-corrected chi connectivity index (χ0v) is 24.8. The van der Waals surface area contributed by atoms with Crippen LogP contribution >= 0.6 is 15.6 Å². The first kappa shape index (κ1) is 31.0. The van der Waals surface area contributed by atoms with E-state index in [0.717, 1.165) is 10.9 Å². The number of nitrogens with zero attached hydrogens (tertiary/aromatic N) is 5. The number of aromatic nitrogens is 8. The molecule has 0 amide bonds. The molecule has 3 aliphatic heterocycles. The maximum atomic E-state index is 13.3. The molecule has 0 radical (unpaired) electrons. The van der Waals surface area contributed by atoms with Gasteiger partial charge in [-0.05, 0) is 0 Å². The SMILES string of the molecule is Nc1nc2c(ncn2C2OCC3OP(=O)(O)OC4C(COP(=O)(O)OC3C2O)OC([n+]2c[nH]c3c(=O)[nH]c(N)nc32)C4N)c(=O)[nH]1. The number of hydrogen-bond acceptors (Lipinski definition) is 17. The number of phosphoric ester groups is 2. The van der Waals surface area contributed by atoms with Crippen LogP contribution in [0, 0.1) is 0 Å². The van der Waals surface area contributed by atoms with Crippen LogP contribution in [0.2, 0.25) is 0 Å². The number of aliphatic hydroxyl groups is 1. The molecule has 10 atom stereocenters. The van der Waals surface area contributed by atoms with E-state index in [1.165, 1.54) is 10.9 Å². The molecule has 3 fully saturated rings. The van der Waals surface area contributed by atoms with Crippen molar-refractivity contribution in [2.75, 3.05) is 24.7 Å². The second kappa shape index (κ2) is 11.0. The van der Waals surface area contributed by atoms with Crippen molar-refractivity contribution in [3.05, 3.63) is 33.4 Å². The van der Waals surface area contributed by atoms with Crippen molar-refractivity contribution >= 4 is 49.9 Å². The molecular weight excluding hydrogens is 664 g/mol. The lowest BCUT2D eigenvalue weighted by Crippen LogP contribution is -2.52. The van der Waals surface area contributed by atoms with Gasteiger partial charge in [0.2, 0.25) is 17.7 Å². The summed E-state index contributed by atoms with van der Waals surface area (Å²) in [5.74, 6) is -0.489. The molecule has 7 heterocycles. The fraction of sp³-hybridized carbons (Fsp3) is 0.500. The van der Waals surface area contributed by atoms with Gasteiger partial charge in [0.1, 0.15) is 30.5 Å². The van der Waals surface area contributed by atoms with Crippen molar-refractivity contribution < 1.29 is 56.2 Å². The van der Waals surface area contributed by atoms with Gasteiger partial charge in [0.25, 0.3) is 17.1 Å². The number of aliphatic hydroxyl groups excluding tert-OH is 1. The van der Waals surface area contributed by atoms with Gasteiger partial charge >= 0.3 is 21.3 Å². The lowest BCUT2D eigenvalue weighted by molar-refractivity contribution is -0.740. The molecule has 24 nitrogen and oxygen atoms in total. The van der Waals surface area contributed by atoms with Crippen LogP contribution in [0.3, 0.4) is 0 Å². The number of H-pyrrole nitrogens is 3. The molecule has 26 heteroatoms. The van der Waals surface area contributed by atoms with Crippen molar-refractivity contribution in [2.24, 2.45) is 5.73 Å². The zero-order chi connectivity index (χ0) is 32.7. The quantitative estimate of drug-likeness (QED) is 0.0722. The van der Waals surface area contributed by atoms with Gasteiger partial charge in [0.15, 0.2) is 23.7 Å². The van der Waals surface area contributed by atoms with Gasteiger partial charge < -0.3 is 41.6 Å². The number of fused-ring (bicyclic) bond motifs is 4. The molecule has 0 bridgehead atoms. The molecule has 7 rings (SSSR count). The second-order valence-electron chi connectivity index (χ2n) is 10.5. The predicted octanol–water partition coefficient (Wildman–Crippen LogP) is -3.66. The average Bonchev–Trinajstić information content (AvgIpc) is 3.65. The largest absolute Gasteiger partial charge is 0.473 e. The number of imidazole rings is 2. The summed E-state index contributed by atoms with van der Waals surface area (Å²) in [4.78, 5) is 65.2. The minimum Gasteiger partial charge on any atom is -0.386 e. The smallest absolute Gasteiger partial charge is 0.386 e. The summed E-state index contributed by atoms with van der Waals surface area (Å²) < 4.78 is 61.6. The van der Waals surface area contributed by atoms with Crippen LogP contribution in [0.15, 0.2) is 22.2 Å². The Kier molecular flexibility index (Phi) is 7.39. The second-order valence-corrected chi connectivity index (χ2v) is 13.2. The number of phosphoric acid groups is 2. The van der Waals surface area contributed by atoms with Gasteiger partial charge in [0, 0.05) is 0 Å². The number of anilines is 2. The van der Waals surface area contributed by atoms with Crippen LogP contribution in [0.4, 0.5) is 11.9 Å². The molecule has 10 unspecified atom stereocenters. The summed E-state index contributed by atoms with van der Waals surface area (Å²) in [6.07, 6.45) is -8.66. The zero-order valence-electron chi connectivity index (χ0n) is 23.0. The minimum absolute atomic E-state index is 0.0101. The average molecular weight is 690 g/mol. The van der Waals surface area contributed by atoms with Crippen LogP contribution in [0.25, 0.3) is 22.3 Å². The highest BCUT2D eigenvalue weighted by atomic mass is 31.2. The third kappa shape index (κ3) is 5.33. The first-order chi connectivity index (χ1) is 21.7. The molecule has 4 aromatic heterocycles. The van der Waals surface area contributed by atoms with E-state index in [9.17, 15) is 33.6 Å². The molecular formula is C20H26N11O13P2+. The molecule has 0 aromatic carbocycles. The Morgan fingerprint density at radius 1 is 0.978 bits per heavy atom. The van der Waals surface area contributed by atoms with Crippen molar-refractivity contribution in [3.8, 4) is 0 Å². The van der Waals surface area contributed by atoms with Crippen LogP contribution in [0.5, 0.6) is 0 Å². The highest BCUT2D eigenvalue weighted by molar-refractivity contribution is 7.47. The number of nitrogens with one attached hydrogen (secondary N) is 3. The molecule has 0 saturated carbocycles. The van der Waals surface area contributed by atoms with E-state index in [0.29, 0.717) is 0 Å². The Hall–Kier alpha value is -3.64. The summed E-state index contributed by atoms with van der Waals surface area (Å²) in [5.41, 5.74) is 16.2. The van der Waals surface area contributed by atoms with E-state index in [4.69, 9.17) is 44.8 Å². The first-order valence-corrected chi connectivity index (χ1v) is 16.3. The van der Waals surface area contributed by atoms with Crippen LogP contribution in [0.1, 0.15) is 12.5 Å². The Morgan fingerprint density at radius 3 is 2.48 bits per heavy atom. The summed E-state index contributed by atoms with van der Waals surface area (Å²) >= 11 is 0. The highest BCUT2D eigenvalue weighted by Crippen LogP contribution is 2.54. The van der Waals surface area contributed by atoms with Crippen LogP contribution in [-0.2, 0) is 36.7 Å². The number of ether oxygens (including phenoxy) is 2. The molecule has 3 saturated heterocycles. The number of aromatic amines is 3. The Balaban J connectivity index is 1.18. The topological polar surface area (TPSA) is 357 Å². The lowest BCUT2D eigenvalue weighted by atomic mass is 10.0. The molecule has 12 N–H and O–H groups in total. The standard InChI is InChI=1S/C20H25N11O13P2/c21-7-11-5(41-17(7)30-3-24-8-13(30)26-19(22)28-15(8)33)2-40-45(35,36)44-12-6(42-46(37,38)43-11)1-39-18(10(12)32)31-4-25-9-14(31)27-20(23)29-16(9)34/h3-7,10-12,17-18,32H,1-2,21H2,(H8,22,23,26,27,28,29,33,34,35,36,37,38)/p+1. The normalized spacial score (nSPS) is 37.1. The number of rotatable bonds is 2. The Labute approximate surface area is 253 Å². The maximum Gasteiger partial charge on any atom is 0.473 e. The number of hydrogen-bond donors (Lipinski definition) is 9. The van der Waals surface area contributed by atoms with E-state index in [-0.39, 0.29) is 34.2 Å². The Bertz CT molecular complexity index is 1960. The number of nitrogen functional groups attached to an aromatic ring is 2. The monoisotopic (exact) mass is 690 g/mol. The molecule has 46 heavy (non-hydrogen) atoms. The van der Waals surface area contributed by atoms with Crippen LogP contribution < -0.4 is 32.9 Å².